The summed E-state index contributed by atoms with van der Waals surface area (Å²) in [7, 11) is 0. The van der Waals surface area contributed by atoms with Crippen LogP contribution in [0.2, 0.25) is 0 Å². The molecule has 2 atom stereocenters. The van der Waals surface area contributed by atoms with Crippen LogP contribution in [-0.2, 0) is 9.53 Å². The van der Waals surface area contributed by atoms with Gasteiger partial charge in [-0.1, -0.05) is 0 Å². The standard InChI is InChI=1S/C10H20N2O3/c1-7(11)9(14)12-4-8(5-13)15-10(2,3)6-12/h7-8,13H,4-6,11H2,1-3H3/t7-,8?/m0/s1. The number of nitrogens with two attached hydrogens (primary N) is 1. The molecule has 0 saturated carbocycles. The van der Waals surface area contributed by atoms with Crippen LogP contribution in [0.3, 0.4) is 0 Å². The first-order chi connectivity index (χ1) is 6.85. The molecular formula is C10H20N2O3. The Balaban J connectivity index is 2.70. The third-order valence-corrected chi connectivity index (χ3v) is 2.39. The van der Waals surface area contributed by atoms with Crippen molar-refractivity contribution in [2.24, 2.45) is 5.73 Å². The highest BCUT2D eigenvalue weighted by Crippen LogP contribution is 2.21. The van der Waals surface area contributed by atoms with Gasteiger partial charge in [0, 0.05) is 13.1 Å². The largest absolute Gasteiger partial charge is 0.394 e. The van der Waals surface area contributed by atoms with Crippen LogP contribution in [0.1, 0.15) is 20.8 Å². The number of aliphatic hydroxyl groups excluding tert-OH is 1. The van der Waals surface area contributed by atoms with Gasteiger partial charge in [0.15, 0.2) is 0 Å². The van der Waals surface area contributed by atoms with Gasteiger partial charge in [-0.15, -0.1) is 0 Å². The molecule has 0 spiro atoms. The highest BCUT2D eigenvalue weighted by molar-refractivity contribution is 5.81. The van der Waals surface area contributed by atoms with Gasteiger partial charge < -0.3 is 20.5 Å². The van der Waals surface area contributed by atoms with Crippen molar-refractivity contribution in [3.8, 4) is 0 Å². The van der Waals surface area contributed by atoms with Crippen LogP contribution in [0.4, 0.5) is 0 Å². The molecule has 88 valence electrons. The lowest BCUT2D eigenvalue weighted by Gasteiger charge is -2.42. The molecule has 5 heteroatoms. The van der Waals surface area contributed by atoms with Gasteiger partial charge in [-0.25, -0.2) is 0 Å². The first-order valence-corrected chi connectivity index (χ1v) is 5.19. The highest BCUT2D eigenvalue weighted by Gasteiger charge is 2.35. The Hall–Kier alpha value is -0.650. The molecule has 1 saturated heterocycles. The summed E-state index contributed by atoms with van der Waals surface area (Å²) < 4.78 is 5.60. The average molecular weight is 216 g/mol. The monoisotopic (exact) mass is 216 g/mol. The van der Waals surface area contributed by atoms with Gasteiger partial charge in [0.1, 0.15) is 0 Å². The summed E-state index contributed by atoms with van der Waals surface area (Å²) in [6.07, 6.45) is -0.309. The molecule has 15 heavy (non-hydrogen) atoms. The van der Waals surface area contributed by atoms with E-state index >= 15 is 0 Å². The van der Waals surface area contributed by atoms with Crippen LogP contribution in [-0.4, -0.2) is 53.4 Å². The van der Waals surface area contributed by atoms with Gasteiger partial charge in [-0.2, -0.15) is 0 Å². The molecule has 1 heterocycles. The van der Waals surface area contributed by atoms with Gasteiger partial charge in [0.25, 0.3) is 0 Å². The lowest BCUT2D eigenvalue weighted by Crippen LogP contribution is -2.58. The average Bonchev–Trinajstić information content (AvgIpc) is 2.13. The van der Waals surface area contributed by atoms with Crippen molar-refractivity contribution in [3.63, 3.8) is 0 Å². The van der Waals surface area contributed by atoms with Gasteiger partial charge in [0.05, 0.1) is 24.4 Å². The van der Waals surface area contributed by atoms with Gasteiger partial charge >= 0.3 is 0 Å². The number of amides is 1. The zero-order valence-electron chi connectivity index (χ0n) is 9.56. The second-order valence-electron chi connectivity index (χ2n) is 4.69. The number of rotatable bonds is 2. The van der Waals surface area contributed by atoms with Crippen LogP contribution in [0.15, 0.2) is 0 Å². The van der Waals surface area contributed by atoms with Crippen molar-refractivity contribution < 1.29 is 14.6 Å². The van der Waals surface area contributed by atoms with Crippen LogP contribution in [0.25, 0.3) is 0 Å². The Morgan fingerprint density at radius 3 is 2.80 bits per heavy atom. The second kappa shape index (κ2) is 4.47. The van der Waals surface area contributed by atoms with Gasteiger partial charge in [0.2, 0.25) is 5.91 Å². The summed E-state index contributed by atoms with van der Waals surface area (Å²) in [5.74, 6) is -0.0928. The minimum Gasteiger partial charge on any atom is -0.394 e. The summed E-state index contributed by atoms with van der Waals surface area (Å²) in [5, 5.41) is 9.07. The zero-order valence-corrected chi connectivity index (χ0v) is 9.56. The van der Waals surface area contributed by atoms with Crippen molar-refractivity contribution in [3.05, 3.63) is 0 Å². The Morgan fingerprint density at radius 2 is 2.33 bits per heavy atom. The minimum absolute atomic E-state index is 0.0772. The molecule has 1 amide bonds. The van der Waals surface area contributed by atoms with Crippen LogP contribution < -0.4 is 5.73 Å². The predicted molar refractivity (Wildman–Crippen MR) is 56.3 cm³/mol. The van der Waals surface area contributed by atoms with Crippen LogP contribution in [0.5, 0.6) is 0 Å². The van der Waals surface area contributed by atoms with E-state index in [1.807, 2.05) is 13.8 Å². The van der Waals surface area contributed by atoms with E-state index in [0.29, 0.717) is 13.1 Å². The van der Waals surface area contributed by atoms with Crippen molar-refractivity contribution >= 4 is 5.91 Å². The van der Waals surface area contributed by atoms with E-state index < -0.39 is 11.6 Å². The molecule has 1 unspecified atom stereocenters. The van der Waals surface area contributed by atoms with Crippen molar-refractivity contribution in [1.82, 2.24) is 4.90 Å². The van der Waals surface area contributed by atoms with Crippen LogP contribution in [0, 0.1) is 0 Å². The Labute approximate surface area is 90.2 Å². The third-order valence-electron chi connectivity index (χ3n) is 2.39. The lowest BCUT2D eigenvalue weighted by atomic mass is 10.0. The number of morpholine rings is 1. The van der Waals surface area contributed by atoms with E-state index in [2.05, 4.69) is 0 Å². The summed E-state index contributed by atoms with van der Waals surface area (Å²) in [6.45, 7) is 6.32. The SMILES string of the molecule is C[C@H](N)C(=O)N1CC(CO)OC(C)(C)C1. The lowest BCUT2D eigenvalue weighted by molar-refractivity contribution is -0.167. The summed E-state index contributed by atoms with van der Waals surface area (Å²) in [4.78, 5) is 13.4. The van der Waals surface area contributed by atoms with E-state index in [4.69, 9.17) is 15.6 Å². The molecule has 0 aromatic carbocycles. The fourth-order valence-corrected chi connectivity index (χ4v) is 1.85. The van der Waals surface area contributed by atoms with Gasteiger partial charge in [-0.05, 0) is 20.8 Å². The molecular weight excluding hydrogens is 196 g/mol. The van der Waals surface area contributed by atoms with Crippen LogP contribution >= 0.6 is 0 Å². The number of aliphatic hydroxyl groups is 1. The maximum absolute atomic E-state index is 11.7. The number of nitrogens with zero attached hydrogens (tertiary/aromatic N) is 1. The molecule has 0 aromatic heterocycles. The number of carbonyl (C=O) groups is 1. The molecule has 1 aliphatic rings. The Kier molecular flexibility index (Phi) is 3.70. The molecule has 1 rings (SSSR count). The molecule has 5 nitrogen and oxygen atoms in total. The molecule has 0 aromatic rings. The molecule has 1 aliphatic heterocycles. The smallest absolute Gasteiger partial charge is 0.239 e. The minimum atomic E-state index is -0.502. The number of carbonyl (C=O) groups excluding carboxylic acids is 1. The predicted octanol–water partition coefficient (Wildman–Crippen LogP) is -0.668. The van der Waals surface area contributed by atoms with E-state index in [-0.39, 0.29) is 18.6 Å². The molecule has 0 radical (unpaired) electrons. The maximum Gasteiger partial charge on any atom is 0.239 e. The van der Waals surface area contributed by atoms with E-state index in [9.17, 15) is 4.79 Å². The fourth-order valence-electron chi connectivity index (χ4n) is 1.85. The summed E-state index contributed by atoms with van der Waals surface area (Å²) in [5.41, 5.74) is 5.13. The van der Waals surface area contributed by atoms with Crippen molar-refractivity contribution in [2.75, 3.05) is 19.7 Å². The summed E-state index contributed by atoms with van der Waals surface area (Å²) in [6, 6.07) is -0.502. The first kappa shape index (κ1) is 12.4. The second-order valence-corrected chi connectivity index (χ2v) is 4.69. The number of hydrogen-bond donors (Lipinski definition) is 2. The fraction of sp³-hybridized carbons (Fsp3) is 0.900. The maximum atomic E-state index is 11.7. The van der Waals surface area contributed by atoms with Crippen molar-refractivity contribution in [2.45, 2.75) is 38.5 Å². The summed E-state index contributed by atoms with van der Waals surface area (Å²) >= 11 is 0. The molecule has 0 bridgehead atoms. The van der Waals surface area contributed by atoms with E-state index in [0.717, 1.165) is 0 Å². The van der Waals surface area contributed by atoms with Gasteiger partial charge in [-0.3, -0.25) is 4.79 Å². The molecule has 1 fully saturated rings. The normalized spacial score (nSPS) is 27.5. The third kappa shape index (κ3) is 3.15. The topological polar surface area (TPSA) is 75.8 Å². The Morgan fingerprint density at radius 1 is 1.73 bits per heavy atom. The first-order valence-electron chi connectivity index (χ1n) is 5.19. The number of ether oxygens (including phenoxy) is 1. The molecule has 0 aliphatic carbocycles. The quantitative estimate of drug-likeness (QED) is 0.642. The highest BCUT2D eigenvalue weighted by atomic mass is 16.5. The van der Waals surface area contributed by atoms with E-state index in [1.54, 1.807) is 11.8 Å². The molecule has 3 N–H and O–H groups in total. The zero-order chi connectivity index (χ0) is 11.6. The number of hydrogen-bond acceptors (Lipinski definition) is 4. The Bertz CT molecular complexity index is 241. The van der Waals surface area contributed by atoms with Crippen molar-refractivity contribution in [1.29, 1.82) is 0 Å². The van der Waals surface area contributed by atoms with E-state index in [1.165, 1.54) is 0 Å².